The third-order valence-electron chi connectivity index (χ3n) is 3.41. The standard InChI is InChI=1S/C14H21ClN2O/c1-11-10-13(2-3-14(11)15)18-12-4-7-17(8-5-12)9-6-16/h2-3,10,12H,4-9,16H2,1H3. The summed E-state index contributed by atoms with van der Waals surface area (Å²) in [6, 6.07) is 5.85. The van der Waals surface area contributed by atoms with Gasteiger partial charge in [-0.2, -0.15) is 0 Å². The number of nitrogens with zero attached hydrogens (tertiary/aromatic N) is 1. The molecule has 2 rings (SSSR count). The molecule has 2 N–H and O–H groups in total. The summed E-state index contributed by atoms with van der Waals surface area (Å²) >= 11 is 6.00. The van der Waals surface area contributed by atoms with Crippen molar-refractivity contribution in [3.8, 4) is 5.75 Å². The van der Waals surface area contributed by atoms with Crippen LogP contribution in [0.2, 0.25) is 5.02 Å². The van der Waals surface area contributed by atoms with E-state index < -0.39 is 0 Å². The van der Waals surface area contributed by atoms with Crippen molar-refractivity contribution in [2.75, 3.05) is 26.2 Å². The van der Waals surface area contributed by atoms with E-state index in [-0.39, 0.29) is 0 Å². The Hall–Kier alpha value is -0.770. The van der Waals surface area contributed by atoms with E-state index in [9.17, 15) is 0 Å². The highest BCUT2D eigenvalue weighted by Crippen LogP contribution is 2.24. The van der Waals surface area contributed by atoms with Gasteiger partial charge in [-0.3, -0.25) is 0 Å². The van der Waals surface area contributed by atoms with Crippen LogP contribution in [0.25, 0.3) is 0 Å². The minimum atomic E-state index is 0.319. The molecule has 1 aliphatic heterocycles. The average Bonchev–Trinajstić information content (AvgIpc) is 2.37. The molecule has 1 aromatic rings. The van der Waals surface area contributed by atoms with Crippen LogP contribution in [0.1, 0.15) is 18.4 Å². The van der Waals surface area contributed by atoms with Crippen LogP contribution in [0, 0.1) is 6.92 Å². The number of benzene rings is 1. The Labute approximate surface area is 114 Å². The first-order valence-electron chi connectivity index (χ1n) is 6.54. The van der Waals surface area contributed by atoms with Gasteiger partial charge in [-0.05, 0) is 43.5 Å². The molecule has 0 amide bonds. The maximum Gasteiger partial charge on any atom is 0.120 e. The molecular formula is C14H21ClN2O. The molecule has 1 aliphatic rings. The second-order valence-electron chi connectivity index (χ2n) is 4.86. The molecule has 100 valence electrons. The summed E-state index contributed by atoms with van der Waals surface area (Å²) in [6.07, 6.45) is 2.46. The second kappa shape index (κ2) is 6.41. The van der Waals surface area contributed by atoms with Crippen LogP contribution in [0.15, 0.2) is 18.2 Å². The van der Waals surface area contributed by atoms with Crippen molar-refractivity contribution in [1.29, 1.82) is 0 Å². The molecule has 1 fully saturated rings. The number of nitrogens with two attached hydrogens (primary N) is 1. The first-order valence-corrected chi connectivity index (χ1v) is 6.92. The predicted molar refractivity (Wildman–Crippen MR) is 75.3 cm³/mol. The molecule has 4 heteroatoms. The Morgan fingerprint density at radius 3 is 2.72 bits per heavy atom. The summed E-state index contributed by atoms with van der Waals surface area (Å²) in [5, 5.41) is 0.792. The molecule has 3 nitrogen and oxygen atoms in total. The molecule has 1 aromatic carbocycles. The highest BCUT2D eigenvalue weighted by Gasteiger charge is 2.19. The fraction of sp³-hybridized carbons (Fsp3) is 0.571. The SMILES string of the molecule is Cc1cc(OC2CCN(CCN)CC2)ccc1Cl. The van der Waals surface area contributed by atoms with Crippen LogP contribution in [0.4, 0.5) is 0 Å². The molecule has 1 saturated heterocycles. The van der Waals surface area contributed by atoms with Crippen molar-refractivity contribution in [2.24, 2.45) is 5.73 Å². The average molecular weight is 269 g/mol. The van der Waals surface area contributed by atoms with Crippen molar-refractivity contribution in [2.45, 2.75) is 25.9 Å². The Balaban J connectivity index is 1.85. The van der Waals surface area contributed by atoms with E-state index in [2.05, 4.69) is 4.90 Å². The molecule has 18 heavy (non-hydrogen) atoms. The lowest BCUT2D eigenvalue weighted by atomic mass is 10.1. The van der Waals surface area contributed by atoms with Crippen molar-refractivity contribution in [3.63, 3.8) is 0 Å². The monoisotopic (exact) mass is 268 g/mol. The van der Waals surface area contributed by atoms with Crippen LogP contribution in [-0.2, 0) is 0 Å². The molecule has 0 spiro atoms. The van der Waals surface area contributed by atoms with Gasteiger partial charge in [0.05, 0.1) is 0 Å². The summed E-state index contributed by atoms with van der Waals surface area (Å²) in [5.74, 6) is 0.925. The van der Waals surface area contributed by atoms with Gasteiger partial charge in [0, 0.05) is 31.2 Å². The molecular weight excluding hydrogens is 248 g/mol. The first-order chi connectivity index (χ1) is 8.69. The minimum absolute atomic E-state index is 0.319. The highest BCUT2D eigenvalue weighted by atomic mass is 35.5. The normalized spacial score (nSPS) is 17.9. The summed E-state index contributed by atoms with van der Waals surface area (Å²) < 4.78 is 6.00. The summed E-state index contributed by atoms with van der Waals surface area (Å²) in [6.45, 7) is 5.89. The summed E-state index contributed by atoms with van der Waals surface area (Å²) in [4.78, 5) is 2.40. The smallest absolute Gasteiger partial charge is 0.120 e. The van der Waals surface area contributed by atoms with Crippen LogP contribution in [0.5, 0.6) is 5.75 Å². The van der Waals surface area contributed by atoms with E-state index in [1.54, 1.807) is 0 Å². The van der Waals surface area contributed by atoms with Crippen LogP contribution < -0.4 is 10.5 Å². The van der Waals surface area contributed by atoms with E-state index in [1.165, 1.54) is 0 Å². The molecule has 0 aliphatic carbocycles. The Morgan fingerprint density at radius 1 is 1.39 bits per heavy atom. The Morgan fingerprint density at radius 2 is 2.11 bits per heavy atom. The lowest BCUT2D eigenvalue weighted by Crippen LogP contribution is -2.40. The number of piperidine rings is 1. The van der Waals surface area contributed by atoms with Gasteiger partial charge < -0.3 is 15.4 Å². The van der Waals surface area contributed by atoms with Gasteiger partial charge in [-0.15, -0.1) is 0 Å². The molecule has 0 bridgehead atoms. The van der Waals surface area contributed by atoms with Crippen molar-refractivity contribution >= 4 is 11.6 Å². The number of hydrogen-bond donors (Lipinski definition) is 1. The maximum atomic E-state index is 6.00. The van der Waals surface area contributed by atoms with Gasteiger partial charge in [0.25, 0.3) is 0 Å². The van der Waals surface area contributed by atoms with Crippen molar-refractivity contribution in [1.82, 2.24) is 4.90 Å². The fourth-order valence-electron chi connectivity index (χ4n) is 2.32. The Kier molecular flexibility index (Phi) is 4.87. The molecule has 0 saturated carbocycles. The van der Waals surface area contributed by atoms with Crippen LogP contribution in [0.3, 0.4) is 0 Å². The zero-order chi connectivity index (χ0) is 13.0. The lowest BCUT2D eigenvalue weighted by molar-refractivity contribution is 0.102. The van der Waals surface area contributed by atoms with Gasteiger partial charge in [0.15, 0.2) is 0 Å². The maximum absolute atomic E-state index is 6.00. The third-order valence-corrected chi connectivity index (χ3v) is 3.84. The zero-order valence-corrected chi connectivity index (χ0v) is 11.6. The highest BCUT2D eigenvalue weighted by molar-refractivity contribution is 6.31. The van der Waals surface area contributed by atoms with Crippen molar-refractivity contribution in [3.05, 3.63) is 28.8 Å². The van der Waals surface area contributed by atoms with Crippen LogP contribution in [-0.4, -0.2) is 37.2 Å². The number of ether oxygens (including phenoxy) is 1. The van der Waals surface area contributed by atoms with E-state index in [0.29, 0.717) is 6.10 Å². The van der Waals surface area contributed by atoms with Gasteiger partial charge in [-0.25, -0.2) is 0 Å². The number of rotatable bonds is 4. The summed E-state index contributed by atoms with van der Waals surface area (Å²) in [5.41, 5.74) is 6.63. The molecule has 0 aromatic heterocycles. The first kappa shape index (κ1) is 13.7. The molecule has 0 unspecified atom stereocenters. The lowest BCUT2D eigenvalue weighted by Gasteiger charge is -2.31. The number of likely N-dealkylation sites (tertiary alicyclic amines) is 1. The minimum Gasteiger partial charge on any atom is -0.490 e. The summed E-state index contributed by atoms with van der Waals surface area (Å²) in [7, 11) is 0. The third kappa shape index (κ3) is 3.61. The molecule has 1 heterocycles. The van der Waals surface area contributed by atoms with E-state index in [1.807, 2.05) is 25.1 Å². The van der Waals surface area contributed by atoms with E-state index in [0.717, 1.165) is 55.4 Å². The number of aryl methyl sites for hydroxylation is 1. The quantitative estimate of drug-likeness (QED) is 0.912. The van der Waals surface area contributed by atoms with Crippen LogP contribution >= 0.6 is 11.6 Å². The number of halogens is 1. The molecule has 0 radical (unpaired) electrons. The largest absolute Gasteiger partial charge is 0.490 e. The Bertz CT molecular complexity index is 389. The fourth-order valence-corrected chi connectivity index (χ4v) is 2.43. The topological polar surface area (TPSA) is 38.5 Å². The van der Waals surface area contributed by atoms with Gasteiger partial charge in [0.2, 0.25) is 0 Å². The zero-order valence-electron chi connectivity index (χ0n) is 10.9. The van der Waals surface area contributed by atoms with Gasteiger partial charge >= 0.3 is 0 Å². The van der Waals surface area contributed by atoms with Crippen molar-refractivity contribution < 1.29 is 4.74 Å². The second-order valence-corrected chi connectivity index (χ2v) is 5.27. The predicted octanol–water partition coefficient (Wildman–Crippen LogP) is 2.45. The van der Waals surface area contributed by atoms with E-state index >= 15 is 0 Å². The number of hydrogen-bond acceptors (Lipinski definition) is 3. The van der Waals surface area contributed by atoms with Gasteiger partial charge in [0.1, 0.15) is 11.9 Å². The molecule has 0 atom stereocenters. The van der Waals surface area contributed by atoms with E-state index in [4.69, 9.17) is 22.1 Å². The van der Waals surface area contributed by atoms with Gasteiger partial charge in [-0.1, -0.05) is 11.6 Å².